The maximum absolute atomic E-state index is 11.0. The van der Waals surface area contributed by atoms with E-state index in [0.717, 1.165) is 34.1 Å². The smallest absolute Gasteiger partial charge is 0.269 e. The number of ether oxygens (including phenoxy) is 1. The highest BCUT2D eigenvalue weighted by Gasteiger charge is 2.41. The molecule has 0 aliphatic carbocycles. The zero-order chi connectivity index (χ0) is 19.3. The number of non-ortho nitro benzene ring substituents is 1. The lowest BCUT2D eigenvalue weighted by Crippen LogP contribution is -2.33. The molecule has 2 aromatic carbocycles. The van der Waals surface area contributed by atoms with Gasteiger partial charge in [-0.05, 0) is 37.3 Å². The molecule has 0 fully saturated rings. The molecule has 0 N–H and O–H groups in total. The van der Waals surface area contributed by atoms with Gasteiger partial charge in [0.2, 0.25) is 6.23 Å². The lowest BCUT2D eigenvalue weighted by Gasteiger charge is -2.38. The van der Waals surface area contributed by atoms with Crippen molar-refractivity contribution in [1.29, 1.82) is 0 Å². The summed E-state index contributed by atoms with van der Waals surface area (Å²) in [5, 5.41) is 17.7. The first-order chi connectivity index (χ1) is 13.6. The van der Waals surface area contributed by atoms with Crippen molar-refractivity contribution < 1.29 is 14.1 Å². The predicted octanol–water partition coefficient (Wildman–Crippen LogP) is 4.74. The normalized spacial score (nSPS) is 20.2. The van der Waals surface area contributed by atoms with Crippen molar-refractivity contribution in [3.05, 3.63) is 93.4 Å². The van der Waals surface area contributed by atoms with E-state index in [-0.39, 0.29) is 11.7 Å². The van der Waals surface area contributed by atoms with Gasteiger partial charge in [0.15, 0.2) is 0 Å². The van der Waals surface area contributed by atoms with Gasteiger partial charge in [0, 0.05) is 29.7 Å². The van der Waals surface area contributed by atoms with Crippen LogP contribution in [0, 0.1) is 17.0 Å². The highest BCUT2D eigenvalue weighted by molar-refractivity contribution is 5.99. The van der Waals surface area contributed by atoms with E-state index < -0.39 is 11.2 Å². The Labute approximate surface area is 161 Å². The Balaban J connectivity index is 1.57. The molecule has 0 saturated heterocycles. The maximum atomic E-state index is 11.0. The number of rotatable bonds is 3. The summed E-state index contributed by atoms with van der Waals surface area (Å²) in [6.45, 7) is 1.91. The quantitative estimate of drug-likeness (QED) is 0.488. The van der Waals surface area contributed by atoms with Gasteiger partial charge in [0.05, 0.1) is 11.0 Å². The molecule has 0 amide bonds. The van der Waals surface area contributed by atoms with Crippen LogP contribution in [-0.4, -0.2) is 15.6 Å². The summed E-state index contributed by atoms with van der Waals surface area (Å²) in [4.78, 5) is 10.6. The highest BCUT2D eigenvalue weighted by Crippen LogP contribution is 2.47. The van der Waals surface area contributed by atoms with Crippen LogP contribution in [0.2, 0.25) is 0 Å². The molecule has 140 valence electrons. The van der Waals surface area contributed by atoms with Gasteiger partial charge in [-0.15, -0.1) is 0 Å². The average Bonchev–Trinajstić information content (AvgIpc) is 3.34. The Hall–Kier alpha value is -3.61. The fraction of sp³-hybridized carbons (Fsp3) is 0.190. The summed E-state index contributed by atoms with van der Waals surface area (Å²) in [5.41, 5.74) is 2.80. The van der Waals surface area contributed by atoms with E-state index in [4.69, 9.17) is 14.3 Å². The van der Waals surface area contributed by atoms with E-state index in [1.54, 1.807) is 12.1 Å². The van der Waals surface area contributed by atoms with Gasteiger partial charge in [-0.1, -0.05) is 18.2 Å². The first-order valence-corrected chi connectivity index (χ1v) is 9.03. The van der Waals surface area contributed by atoms with Crippen LogP contribution < -0.4 is 4.74 Å². The highest BCUT2D eigenvalue weighted by atomic mass is 16.6. The number of nitro groups is 1. The summed E-state index contributed by atoms with van der Waals surface area (Å²) in [6, 6.07) is 18.2. The third-order valence-corrected chi connectivity index (χ3v) is 5.11. The lowest BCUT2D eigenvalue weighted by atomic mass is 9.97. The molecule has 2 aliphatic rings. The first kappa shape index (κ1) is 16.6. The van der Waals surface area contributed by atoms with Crippen molar-refractivity contribution >= 4 is 11.4 Å². The van der Waals surface area contributed by atoms with Crippen molar-refractivity contribution in [3.8, 4) is 5.75 Å². The first-order valence-electron chi connectivity index (χ1n) is 9.03. The zero-order valence-corrected chi connectivity index (χ0v) is 15.1. The second-order valence-electron chi connectivity index (χ2n) is 6.91. The molecule has 3 heterocycles. The predicted molar refractivity (Wildman–Crippen MR) is 102 cm³/mol. The summed E-state index contributed by atoms with van der Waals surface area (Å²) in [7, 11) is 0. The number of hydrogen-bond acceptors (Lipinski definition) is 6. The standard InChI is InChI=1S/C21H17N3O4/c1-13-6-11-20(27-13)17-12-18-16-4-2-3-5-19(16)28-21(23(18)22-17)14-7-9-15(10-8-14)24(25)26/h2-11,18,21H,12H2,1H3. The minimum absolute atomic E-state index is 0.0190. The topological polar surface area (TPSA) is 81.1 Å². The molecule has 3 aromatic rings. The third kappa shape index (κ3) is 2.63. The Morgan fingerprint density at radius 3 is 2.61 bits per heavy atom. The van der Waals surface area contributed by atoms with Crippen LogP contribution in [0.4, 0.5) is 5.69 Å². The van der Waals surface area contributed by atoms with Crippen LogP contribution in [0.15, 0.2) is 70.2 Å². The fourth-order valence-electron chi connectivity index (χ4n) is 3.75. The number of nitrogens with zero attached hydrogens (tertiary/aromatic N) is 3. The second kappa shape index (κ2) is 6.23. The van der Waals surface area contributed by atoms with Crippen LogP contribution in [0.5, 0.6) is 5.75 Å². The average molecular weight is 375 g/mol. The van der Waals surface area contributed by atoms with E-state index in [0.29, 0.717) is 6.42 Å². The van der Waals surface area contributed by atoms with Crippen LogP contribution in [-0.2, 0) is 0 Å². The number of para-hydroxylation sites is 1. The molecule has 0 radical (unpaired) electrons. The molecule has 2 atom stereocenters. The molecule has 0 saturated carbocycles. The molecule has 0 bridgehead atoms. The molecule has 7 heteroatoms. The lowest BCUT2D eigenvalue weighted by molar-refractivity contribution is -0.384. The summed E-state index contributed by atoms with van der Waals surface area (Å²) >= 11 is 0. The molecular weight excluding hydrogens is 358 g/mol. The van der Waals surface area contributed by atoms with E-state index in [2.05, 4.69) is 0 Å². The Morgan fingerprint density at radius 2 is 1.89 bits per heavy atom. The van der Waals surface area contributed by atoms with Crippen molar-refractivity contribution in [1.82, 2.24) is 5.01 Å². The number of hydrogen-bond donors (Lipinski definition) is 0. The molecule has 5 rings (SSSR count). The van der Waals surface area contributed by atoms with E-state index in [1.165, 1.54) is 12.1 Å². The number of benzene rings is 2. The van der Waals surface area contributed by atoms with Crippen molar-refractivity contribution in [3.63, 3.8) is 0 Å². The Bertz CT molecular complexity index is 1090. The largest absolute Gasteiger partial charge is 0.464 e. The second-order valence-corrected chi connectivity index (χ2v) is 6.91. The Kier molecular flexibility index (Phi) is 3.68. The molecular formula is C21H17N3O4. The molecule has 7 nitrogen and oxygen atoms in total. The van der Waals surface area contributed by atoms with Crippen molar-refractivity contribution in [2.24, 2.45) is 5.10 Å². The monoisotopic (exact) mass is 375 g/mol. The number of fused-ring (bicyclic) bond motifs is 3. The minimum atomic E-state index is -0.464. The molecule has 0 spiro atoms. The number of hydrazone groups is 1. The van der Waals surface area contributed by atoms with E-state index >= 15 is 0 Å². The van der Waals surface area contributed by atoms with Gasteiger partial charge in [0.1, 0.15) is 23.0 Å². The van der Waals surface area contributed by atoms with Gasteiger partial charge in [-0.25, -0.2) is 5.01 Å². The van der Waals surface area contributed by atoms with Gasteiger partial charge < -0.3 is 9.15 Å². The summed E-state index contributed by atoms with van der Waals surface area (Å²) in [5.74, 6) is 2.40. The van der Waals surface area contributed by atoms with Crippen LogP contribution in [0.3, 0.4) is 0 Å². The molecule has 2 unspecified atom stereocenters. The third-order valence-electron chi connectivity index (χ3n) is 5.11. The Morgan fingerprint density at radius 1 is 1.11 bits per heavy atom. The van der Waals surface area contributed by atoms with Gasteiger partial charge in [0.25, 0.3) is 5.69 Å². The molecule has 2 aliphatic heterocycles. The maximum Gasteiger partial charge on any atom is 0.269 e. The van der Waals surface area contributed by atoms with Gasteiger partial charge in [-0.3, -0.25) is 10.1 Å². The minimum Gasteiger partial charge on any atom is -0.464 e. The fourth-order valence-corrected chi connectivity index (χ4v) is 3.75. The van der Waals surface area contributed by atoms with Crippen molar-refractivity contribution in [2.75, 3.05) is 0 Å². The summed E-state index contributed by atoms with van der Waals surface area (Å²) < 4.78 is 12.0. The molecule has 28 heavy (non-hydrogen) atoms. The van der Waals surface area contributed by atoms with Crippen molar-refractivity contribution in [2.45, 2.75) is 25.6 Å². The van der Waals surface area contributed by atoms with Crippen LogP contribution >= 0.6 is 0 Å². The number of nitro benzene ring substituents is 1. The van der Waals surface area contributed by atoms with E-state index in [1.807, 2.05) is 48.3 Å². The van der Waals surface area contributed by atoms with Crippen LogP contribution in [0.25, 0.3) is 0 Å². The zero-order valence-electron chi connectivity index (χ0n) is 15.1. The molecule has 1 aromatic heterocycles. The number of aryl methyl sites for hydroxylation is 1. The van der Waals surface area contributed by atoms with Crippen LogP contribution in [0.1, 0.15) is 41.3 Å². The van der Waals surface area contributed by atoms with E-state index in [9.17, 15) is 10.1 Å². The number of furan rings is 1. The SMILES string of the molecule is Cc1ccc(C2=NN3C(C2)c2ccccc2OC3c2ccc([N+](=O)[O-])cc2)o1. The van der Waals surface area contributed by atoms with Gasteiger partial charge >= 0.3 is 0 Å². The summed E-state index contributed by atoms with van der Waals surface area (Å²) in [6.07, 6.45) is 0.242. The van der Waals surface area contributed by atoms with Gasteiger partial charge in [-0.2, -0.15) is 5.10 Å².